The van der Waals surface area contributed by atoms with Crippen LogP contribution in [0.1, 0.15) is 42.6 Å². The summed E-state index contributed by atoms with van der Waals surface area (Å²) in [5.74, 6) is -1.14. The molecule has 1 amide bonds. The van der Waals surface area contributed by atoms with E-state index in [0.717, 1.165) is 50.9 Å². The molecule has 1 heterocycles. The lowest BCUT2D eigenvalue weighted by molar-refractivity contribution is -0.272. The van der Waals surface area contributed by atoms with Crippen molar-refractivity contribution in [1.29, 1.82) is 0 Å². The van der Waals surface area contributed by atoms with Crippen LogP contribution in [0.15, 0.2) is 103 Å². The molecule has 3 atom stereocenters. The van der Waals surface area contributed by atoms with Crippen molar-refractivity contribution >= 4 is 27.5 Å². The Balaban J connectivity index is 1.69. The zero-order valence-electron chi connectivity index (χ0n) is 22.4. The number of nitrogens with zero attached hydrogens (tertiary/aromatic N) is 1. The number of carbonyl (C=O) groups is 1. The van der Waals surface area contributed by atoms with Gasteiger partial charge in [-0.1, -0.05) is 103 Å². The molecule has 0 saturated heterocycles. The lowest BCUT2D eigenvalue weighted by atomic mass is 9.86. The highest BCUT2D eigenvalue weighted by Crippen LogP contribution is 2.52. The van der Waals surface area contributed by atoms with Crippen molar-refractivity contribution < 1.29 is 22.7 Å². The Morgan fingerprint density at radius 2 is 1.12 bits per heavy atom. The van der Waals surface area contributed by atoms with Gasteiger partial charge < -0.3 is 9.64 Å². The summed E-state index contributed by atoms with van der Waals surface area (Å²) < 4.78 is 50.4. The number of hydrogen-bond donors (Lipinski definition) is 0. The van der Waals surface area contributed by atoms with Gasteiger partial charge in [0, 0.05) is 12.7 Å². The molecular weight excluding hydrogens is 511 g/mol. The number of halogens is 3. The summed E-state index contributed by atoms with van der Waals surface area (Å²) in [5, 5.41) is 4.02. The number of hydrogen-bond acceptors (Lipinski definition) is 2. The van der Waals surface area contributed by atoms with Gasteiger partial charge in [-0.25, -0.2) is 0 Å². The van der Waals surface area contributed by atoms with E-state index in [1.807, 2.05) is 72.8 Å². The van der Waals surface area contributed by atoms with Crippen molar-refractivity contribution in [1.82, 2.24) is 4.90 Å². The number of rotatable bonds is 3. The molecule has 0 bridgehead atoms. The Morgan fingerprint density at radius 1 is 0.675 bits per heavy atom. The highest BCUT2D eigenvalue weighted by atomic mass is 19.4. The van der Waals surface area contributed by atoms with Crippen LogP contribution < -0.4 is 0 Å². The predicted molar refractivity (Wildman–Crippen MR) is 152 cm³/mol. The van der Waals surface area contributed by atoms with Crippen LogP contribution in [-0.4, -0.2) is 24.1 Å². The Kier molecular flexibility index (Phi) is 6.19. The number of ether oxygens (including phenoxy) is 1. The molecule has 6 heteroatoms. The van der Waals surface area contributed by atoms with Crippen molar-refractivity contribution in [3.8, 4) is 11.1 Å². The van der Waals surface area contributed by atoms with Gasteiger partial charge in [0.2, 0.25) is 0 Å². The number of amides is 1. The van der Waals surface area contributed by atoms with Crippen LogP contribution in [0.25, 0.3) is 32.7 Å². The lowest BCUT2D eigenvalue weighted by Crippen LogP contribution is -2.57. The molecule has 5 aromatic carbocycles. The molecule has 1 aliphatic rings. The highest BCUT2D eigenvalue weighted by Gasteiger charge is 2.64. The fourth-order valence-corrected chi connectivity index (χ4v) is 6.40. The van der Waals surface area contributed by atoms with E-state index >= 15 is 13.2 Å². The van der Waals surface area contributed by atoms with E-state index < -0.39 is 29.8 Å². The zero-order valence-corrected chi connectivity index (χ0v) is 22.4. The second kappa shape index (κ2) is 9.49. The van der Waals surface area contributed by atoms with Crippen LogP contribution in [0, 0.1) is 0 Å². The van der Waals surface area contributed by atoms with E-state index in [4.69, 9.17) is 4.74 Å². The molecule has 0 N–H and O–H groups in total. The highest BCUT2D eigenvalue weighted by molar-refractivity contribution is 6.08. The van der Waals surface area contributed by atoms with Crippen molar-refractivity contribution in [2.45, 2.75) is 37.7 Å². The molecule has 0 aliphatic carbocycles. The first-order valence-electron chi connectivity index (χ1n) is 13.2. The fourth-order valence-electron chi connectivity index (χ4n) is 6.40. The van der Waals surface area contributed by atoms with Crippen molar-refractivity contribution in [2.75, 3.05) is 7.11 Å². The first-order chi connectivity index (χ1) is 19.2. The van der Waals surface area contributed by atoms with Gasteiger partial charge in [-0.15, -0.1) is 0 Å². The van der Waals surface area contributed by atoms with Crippen molar-refractivity contribution in [3.63, 3.8) is 0 Å². The Labute approximate surface area is 230 Å². The largest absolute Gasteiger partial charge is 0.430 e. The molecule has 0 aromatic heterocycles. The van der Waals surface area contributed by atoms with Crippen LogP contribution in [0.2, 0.25) is 0 Å². The smallest absolute Gasteiger partial charge is 0.356 e. The summed E-state index contributed by atoms with van der Waals surface area (Å²) in [5.41, 5.74) is 0.0259. The number of alkyl halides is 3. The molecule has 0 radical (unpaired) electrons. The summed E-state index contributed by atoms with van der Waals surface area (Å²) in [6, 6.07) is 29.6. The van der Waals surface area contributed by atoms with Gasteiger partial charge in [0.25, 0.3) is 11.5 Å². The minimum absolute atomic E-state index is 0.254. The van der Waals surface area contributed by atoms with E-state index in [2.05, 4.69) is 0 Å². The molecule has 202 valence electrons. The average molecular weight is 540 g/mol. The average Bonchev–Trinajstić information content (AvgIpc) is 3.05. The summed E-state index contributed by atoms with van der Waals surface area (Å²) in [6.07, 6.45) is -5.01. The molecule has 3 nitrogen and oxygen atoms in total. The molecule has 0 spiro atoms. The number of benzene rings is 5. The summed E-state index contributed by atoms with van der Waals surface area (Å²) in [4.78, 5) is 15.9. The first-order valence-corrected chi connectivity index (χ1v) is 13.2. The quantitative estimate of drug-likeness (QED) is 0.229. The predicted octanol–water partition coefficient (Wildman–Crippen LogP) is 8.73. The van der Waals surface area contributed by atoms with Gasteiger partial charge in [-0.3, -0.25) is 4.79 Å². The molecule has 0 saturated carbocycles. The van der Waals surface area contributed by atoms with Crippen molar-refractivity contribution in [3.05, 3.63) is 120 Å². The summed E-state index contributed by atoms with van der Waals surface area (Å²) >= 11 is 0. The maximum absolute atomic E-state index is 15.1. The van der Waals surface area contributed by atoms with Gasteiger partial charge in [-0.05, 0) is 57.6 Å². The van der Waals surface area contributed by atoms with Gasteiger partial charge in [-0.2, -0.15) is 13.2 Å². The molecule has 6 rings (SSSR count). The van der Waals surface area contributed by atoms with E-state index in [-0.39, 0.29) is 5.56 Å². The third kappa shape index (κ3) is 3.66. The van der Waals surface area contributed by atoms with Gasteiger partial charge in [0.15, 0.2) is 0 Å². The number of carbonyl (C=O) groups excluding carboxylic acids is 1. The zero-order chi connectivity index (χ0) is 28.2. The molecule has 40 heavy (non-hydrogen) atoms. The second-order valence-corrected chi connectivity index (χ2v) is 10.3. The third-order valence-corrected chi connectivity index (χ3v) is 8.33. The van der Waals surface area contributed by atoms with E-state index in [1.165, 1.54) is 29.2 Å². The Morgan fingerprint density at radius 3 is 1.57 bits per heavy atom. The molecule has 0 fully saturated rings. The number of methoxy groups -OCH3 is 1. The Bertz CT molecular complexity index is 1660. The van der Waals surface area contributed by atoms with E-state index in [0.29, 0.717) is 0 Å². The van der Waals surface area contributed by atoms with Gasteiger partial charge in [0.1, 0.15) is 0 Å². The van der Waals surface area contributed by atoms with E-state index in [1.54, 1.807) is 19.9 Å². The lowest BCUT2D eigenvalue weighted by Gasteiger charge is -2.42. The molecular formula is C34H28F3NO2. The minimum Gasteiger partial charge on any atom is -0.356 e. The van der Waals surface area contributed by atoms with Gasteiger partial charge in [0.05, 0.1) is 12.1 Å². The monoisotopic (exact) mass is 539 g/mol. The van der Waals surface area contributed by atoms with E-state index in [9.17, 15) is 4.79 Å². The molecule has 5 aromatic rings. The Hall–Kier alpha value is -4.16. The second-order valence-electron chi connectivity index (χ2n) is 10.3. The van der Waals surface area contributed by atoms with Crippen LogP contribution in [-0.2, 0) is 15.1 Å². The normalized spacial score (nSPS) is 18.6. The number of fused-ring (bicyclic) bond motifs is 7. The van der Waals surface area contributed by atoms with Crippen LogP contribution in [0.4, 0.5) is 13.2 Å². The standard InChI is InChI=1S/C34H28F3NO2/c1-21-26-19-17-23-11-7-9-15-28(23)30(26)31-27(20-18-24-12-8-10-16-29(24)31)22(2)38(21)32(39)33(40-3,34(35,36)37)25-13-5-4-6-14-25/h4-22H,1-3H3/t21-,22-,33-/m0/s1. The van der Waals surface area contributed by atoms with Crippen LogP contribution in [0.3, 0.4) is 0 Å². The molecule has 0 unspecified atom stereocenters. The molecule has 1 aliphatic heterocycles. The maximum atomic E-state index is 15.1. The SMILES string of the molecule is CO[C@](C(=O)N1[C@@H](C)c2ccc3ccccc3c2-c2c(ccc3ccccc23)[C@@H]1C)(c1ccccc1)C(F)(F)F. The summed E-state index contributed by atoms with van der Waals surface area (Å²) in [6.45, 7) is 3.61. The van der Waals surface area contributed by atoms with Crippen molar-refractivity contribution in [2.24, 2.45) is 0 Å². The summed E-state index contributed by atoms with van der Waals surface area (Å²) in [7, 11) is 0.953. The van der Waals surface area contributed by atoms with Crippen LogP contribution >= 0.6 is 0 Å². The fraction of sp³-hybridized carbons (Fsp3) is 0.206. The van der Waals surface area contributed by atoms with Gasteiger partial charge >= 0.3 is 6.18 Å². The maximum Gasteiger partial charge on any atom is 0.430 e. The third-order valence-electron chi connectivity index (χ3n) is 8.33. The van der Waals surface area contributed by atoms with Crippen LogP contribution in [0.5, 0.6) is 0 Å². The minimum atomic E-state index is -5.01. The first kappa shape index (κ1) is 26.1. The topological polar surface area (TPSA) is 29.5 Å².